The van der Waals surface area contributed by atoms with Crippen LogP contribution in [-0.4, -0.2) is 77.0 Å². The summed E-state index contributed by atoms with van der Waals surface area (Å²) in [7, 11) is 0. The lowest BCUT2D eigenvalue weighted by molar-refractivity contribution is -0.144. The fourth-order valence-corrected chi connectivity index (χ4v) is 5.63. The maximum atomic E-state index is 13.9. The van der Waals surface area contributed by atoms with Crippen molar-refractivity contribution in [3.63, 3.8) is 0 Å². The summed E-state index contributed by atoms with van der Waals surface area (Å²) in [5.41, 5.74) is 1.59. The monoisotopic (exact) mass is 475 g/mol. The number of piperidine rings is 1. The number of carbonyl (C=O) groups excluding carboxylic acids is 3. The zero-order valence-corrected chi connectivity index (χ0v) is 20.3. The molecule has 3 aliphatic rings. The molecule has 2 aromatic rings. The Balaban J connectivity index is 1.37. The second-order valence-electron chi connectivity index (χ2n) is 9.84. The van der Waals surface area contributed by atoms with E-state index in [1.54, 1.807) is 4.90 Å². The fraction of sp³-hybridized carbons (Fsp3) is 0.464. The Hall–Kier alpha value is -3.19. The molecule has 184 valence electrons. The summed E-state index contributed by atoms with van der Waals surface area (Å²) in [6.45, 7) is 4.57. The zero-order chi connectivity index (χ0) is 24.4. The number of hydrogen-bond donors (Lipinski definition) is 0. The highest BCUT2D eigenvalue weighted by atomic mass is 16.5. The molecule has 35 heavy (non-hydrogen) atoms. The second kappa shape index (κ2) is 9.82. The van der Waals surface area contributed by atoms with E-state index in [4.69, 9.17) is 4.74 Å². The van der Waals surface area contributed by atoms with Gasteiger partial charge in [-0.05, 0) is 37.0 Å². The predicted molar refractivity (Wildman–Crippen MR) is 132 cm³/mol. The van der Waals surface area contributed by atoms with Gasteiger partial charge in [0.1, 0.15) is 11.8 Å². The van der Waals surface area contributed by atoms with Crippen LogP contribution in [0.2, 0.25) is 0 Å². The first kappa shape index (κ1) is 23.5. The van der Waals surface area contributed by atoms with E-state index in [0.717, 1.165) is 37.1 Å². The van der Waals surface area contributed by atoms with E-state index in [2.05, 4.69) is 0 Å². The van der Waals surface area contributed by atoms with E-state index < -0.39 is 11.8 Å². The van der Waals surface area contributed by atoms with Crippen LogP contribution in [-0.2, 0) is 20.7 Å². The van der Waals surface area contributed by atoms with Gasteiger partial charge < -0.3 is 14.5 Å². The van der Waals surface area contributed by atoms with Crippen LogP contribution in [0.4, 0.5) is 0 Å². The molecule has 7 heteroatoms. The van der Waals surface area contributed by atoms with Crippen LogP contribution in [0.5, 0.6) is 0 Å². The van der Waals surface area contributed by atoms with E-state index in [0.29, 0.717) is 37.9 Å². The molecule has 0 aromatic heterocycles. The lowest BCUT2D eigenvalue weighted by atomic mass is 9.95. The van der Waals surface area contributed by atoms with Gasteiger partial charge in [0.05, 0.1) is 13.0 Å². The normalized spacial score (nSPS) is 21.5. The maximum Gasteiger partial charge on any atom is 0.257 e. The third-order valence-electron chi connectivity index (χ3n) is 7.65. The number of hydrogen-bond acceptors (Lipinski definition) is 4. The number of amides is 3. The van der Waals surface area contributed by atoms with Gasteiger partial charge in [-0.15, -0.1) is 0 Å². The number of nitrogens with zero attached hydrogens (tertiary/aromatic N) is 3. The largest absolute Gasteiger partial charge is 0.353 e. The van der Waals surface area contributed by atoms with Crippen LogP contribution in [0.25, 0.3) is 0 Å². The molecule has 0 radical (unpaired) electrons. The Morgan fingerprint density at radius 3 is 2.23 bits per heavy atom. The summed E-state index contributed by atoms with van der Waals surface area (Å²) in [4.78, 5) is 45.8. The van der Waals surface area contributed by atoms with Crippen LogP contribution in [0.15, 0.2) is 54.6 Å². The summed E-state index contributed by atoms with van der Waals surface area (Å²) >= 11 is 0. The number of ether oxygens (including phenoxy) is 1. The third kappa shape index (κ3) is 4.57. The minimum atomic E-state index is -0.872. The van der Waals surface area contributed by atoms with Crippen LogP contribution in [0.3, 0.4) is 0 Å². The van der Waals surface area contributed by atoms with Gasteiger partial charge in [0.25, 0.3) is 5.91 Å². The minimum absolute atomic E-state index is 0.0242. The van der Waals surface area contributed by atoms with Crippen LogP contribution in [0, 0.1) is 6.92 Å². The lowest BCUT2D eigenvalue weighted by Crippen LogP contribution is -2.60. The number of benzene rings is 2. The van der Waals surface area contributed by atoms with Crippen molar-refractivity contribution in [3.05, 3.63) is 71.3 Å². The van der Waals surface area contributed by atoms with Crippen LogP contribution in [0.1, 0.15) is 47.2 Å². The molecule has 0 saturated carbocycles. The molecule has 3 heterocycles. The highest BCUT2D eigenvalue weighted by Crippen LogP contribution is 2.39. The topological polar surface area (TPSA) is 70.2 Å². The molecule has 3 aliphatic heterocycles. The van der Waals surface area contributed by atoms with Crippen molar-refractivity contribution in [1.29, 1.82) is 0 Å². The van der Waals surface area contributed by atoms with Crippen LogP contribution >= 0.6 is 0 Å². The quantitative estimate of drug-likeness (QED) is 0.682. The zero-order valence-electron chi connectivity index (χ0n) is 20.3. The number of rotatable bonds is 4. The summed E-state index contributed by atoms with van der Waals surface area (Å²) in [5, 5.41) is 0. The molecule has 5 rings (SSSR count). The van der Waals surface area contributed by atoms with Gasteiger partial charge in [-0.2, -0.15) is 0 Å². The minimum Gasteiger partial charge on any atom is -0.353 e. The molecule has 0 N–H and O–H groups in total. The van der Waals surface area contributed by atoms with Crippen molar-refractivity contribution in [2.24, 2.45) is 0 Å². The van der Waals surface area contributed by atoms with Crippen molar-refractivity contribution in [1.82, 2.24) is 14.7 Å². The SMILES string of the molecule is Cc1ccccc1C(=O)N1C(C(=O)N2CCCC2)COC12CCN(C(=O)Cc1ccccc1)CC2. The lowest BCUT2D eigenvalue weighted by Gasteiger charge is -2.45. The number of likely N-dealkylation sites (tertiary alicyclic amines) is 2. The molecule has 3 saturated heterocycles. The van der Waals surface area contributed by atoms with E-state index in [9.17, 15) is 14.4 Å². The van der Waals surface area contributed by atoms with Gasteiger partial charge >= 0.3 is 0 Å². The highest BCUT2D eigenvalue weighted by Gasteiger charge is 2.55. The van der Waals surface area contributed by atoms with Gasteiger partial charge in [0.15, 0.2) is 0 Å². The molecule has 0 bridgehead atoms. The Bertz CT molecular complexity index is 1090. The summed E-state index contributed by atoms with van der Waals surface area (Å²) in [6, 6.07) is 16.6. The second-order valence-corrected chi connectivity index (χ2v) is 9.84. The van der Waals surface area contributed by atoms with Crippen molar-refractivity contribution < 1.29 is 19.1 Å². The molecular formula is C28H33N3O4. The Labute approximate surface area is 206 Å². The summed E-state index contributed by atoms with van der Waals surface area (Å²) in [5.74, 6) is -0.114. The Morgan fingerprint density at radius 1 is 0.886 bits per heavy atom. The molecule has 3 amide bonds. The van der Waals surface area contributed by atoms with Crippen molar-refractivity contribution in [2.75, 3.05) is 32.8 Å². The van der Waals surface area contributed by atoms with Gasteiger partial charge in [-0.25, -0.2) is 0 Å². The molecular weight excluding hydrogens is 442 g/mol. The number of aryl methyl sites for hydroxylation is 1. The highest BCUT2D eigenvalue weighted by molar-refractivity contribution is 5.99. The summed E-state index contributed by atoms with van der Waals surface area (Å²) in [6.07, 6.45) is 3.34. The first-order valence-electron chi connectivity index (χ1n) is 12.6. The van der Waals surface area contributed by atoms with Crippen molar-refractivity contribution >= 4 is 17.7 Å². The Kier molecular flexibility index (Phi) is 6.60. The molecule has 2 aromatic carbocycles. The Morgan fingerprint density at radius 2 is 1.54 bits per heavy atom. The standard InChI is InChI=1S/C28H33N3O4/c1-21-9-5-6-12-23(21)26(33)31-24(27(34)30-15-7-8-16-30)20-35-28(31)13-17-29(18-14-28)25(32)19-22-10-3-2-4-11-22/h2-6,9-12,24H,7-8,13-20H2,1H3. The smallest absolute Gasteiger partial charge is 0.257 e. The van der Waals surface area contributed by atoms with Gasteiger partial charge in [0.2, 0.25) is 11.8 Å². The first-order chi connectivity index (χ1) is 17.0. The average Bonchev–Trinajstić information content (AvgIpc) is 3.54. The molecule has 3 fully saturated rings. The molecule has 1 spiro atoms. The predicted octanol–water partition coefficient (Wildman–Crippen LogP) is 3.02. The van der Waals surface area contributed by atoms with Gasteiger partial charge in [-0.3, -0.25) is 19.3 Å². The van der Waals surface area contributed by atoms with Gasteiger partial charge in [-0.1, -0.05) is 48.5 Å². The first-order valence-corrected chi connectivity index (χ1v) is 12.6. The maximum absolute atomic E-state index is 13.9. The van der Waals surface area contributed by atoms with E-state index >= 15 is 0 Å². The molecule has 1 atom stereocenters. The van der Waals surface area contributed by atoms with E-state index in [1.165, 1.54) is 0 Å². The summed E-state index contributed by atoms with van der Waals surface area (Å²) < 4.78 is 6.34. The third-order valence-corrected chi connectivity index (χ3v) is 7.65. The van der Waals surface area contributed by atoms with Gasteiger partial charge in [0, 0.05) is 44.6 Å². The molecule has 1 unspecified atom stereocenters. The van der Waals surface area contributed by atoms with Crippen molar-refractivity contribution in [2.45, 2.75) is 50.8 Å². The van der Waals surface area contributed by atoms with Crippen molar-refractivity contribution in [3.8, 4) is 0 Å². The number of carbonyl (C=O) groups is 3. The molecule has 0 aliphatic carbocycles. The fourth-order valence-electron chi connectivity index (χ4n) is 5.63. The van der Waals surface area contributed by atoms with E-state index in [1.807, 2.05) is 71.3 Å². The van der Waals surface area contributed by atoms with Crippen LogP contribution < -0.4 is 0 Å². The molecule has 7 nitrogen and oxygen atoms in total. The van der Waals surface area contributed by atoms with E-state index in [-0.39, 0.29) is 24.3 Å². The average molecular weight is 476 g/mol.